The number of hydrazone groups is 1. The quantitative estimate of drug-likeness (QED) is 0.307. The Balaban J connectivity index is 1.63. The molecule has 0 saturated carbocycles. The summed E-state index contributed by atoms with van der Waals surface area (Å²) in [6.07, 6.45) is 0. The third-order valence-electron chi connectivity index (χ3n) is 6.26. The molecule has 0 unspecified atom stereocenters. The minimum Gasteiger partial charge on any atom is -0.326 e. The van der Waals surface area contributed by atoms with Crippen LogP contribution in [0, 0.1) is 0 Å². The Kier molecular flexibility index (Phi) is 8.79. The fourth-order valence-corrected chi connectivity index (χ4v) is 7.28. The second-order valence-electron chi connectivity index (χ2n) is 9.06. The molecule has 4 rings (SSSR count). The average molecular weight is 584 g/mol. The number of sulfonamides is 2. The van der Waals surface area contributed by atoms with Crippen molar-refractivity contribution in [3.63, 3.8) is 0 Å². The Bertz CT molecular complexity index is 1630. The van der Waals surface area contributed by atoms with Crippen molar-refractivity contribution in [3.05, 3.63) is 90.5 Å². The molecule has 1 fully saturated rings. The highest BCUT2D eigenvalue weighted by Crippen LogP contribution is 2.25. The molecule has 1 heterocycles. The number of carbonyl (C=O) groups is 2. The fraction of sp³-hybridized carbons (Fsp3) is 0.222. The Morgan fingerprint density at radius 3 is 2.00 bits per heavy atom. The van der Waals surface area contributed by atoms with E-state index >= 15 is 0 Å². The molecule has 40 heavy (non-hydrogen) atoms. The number of nitrogens with zero attached hydrogens (tertiary/aromatic N) is 3. The normalized spacial score (nSPS) is 17.2. The van der Waals surface area contributed by atoms with Crippen LogP contribution in [0.3, 0.4) is 0 Å². The van der Waals surface area contributed by atoms with Gasteiger partial charge in [0.05, 0.1) is 15.5 Å². The van der Waals surface area contributed by atoms with Crippen LogP contribution >= 0.6 is 0 Å². The lowest BCUT2D eigenvalue weighted by atomic mass is 10.1. The Hall–Kier alpha value is -3.91. The summed E-state index contributed by atoms with van der Waals surface area (Å²) in [6, 6.07) is 20.8. The molecule has 2 N–H and O–H groups in total. The SMILES string of the molecule is CC(=O)Nc1cccc(/C(C)=N\NC(=O)[C@H]2CN(S(=O)(=O)c3ccccc3)CCN2S(=O)(=O)c2ccccc2)c1. The van der Waals surface area contributed by atoms with Gasteiger partial charge in [-0.1, -0.05) is 48.5 Å². The topological polar surface area (TPSA) is 145 Å². The molecule has 1 aliphatic rings. The zero-order valence-electron chi connectivity index (χ0n) is 21.9. The summed E-state index contributed by atoms with van der Waals surface area (Å²) in [5.74, 6) is -1.03. The molecule has 11 nitrogen and oxygen atoms in total. The second kappa shape index (κ2) is 12.1. The molecule has 0 bridgehead atoms. The molecule has 0 aromatic heterocycles. The highest BCUT2D eigenvalue weighted by Gasteiger charge is 2.43. The van der Waals surface area contributed by atoms with Gasteiger partial charge in [0.15, 0.2) is 0 Å². The van der Waals surface area contributed by atoms with Gasteiger partial charge in [0, 0.05) is 32.2 Å². The Morgan fingerprint density at radius 1 is 0.800 bits per heavy atom. The van der Waals surface area contributed by atoms with Crippen molar-refractivity contribution in [2.75, 3.05) is 25.0 Å². The molecule has 0 radical (unpaired) electrons. The molecule has 1 saturated heterocycles. The molecule has 3 aromatic rings. The molecule has 1 aliphatic heterocycles. The summed E-state index contributed by atoms with van der Waals surface area (Å²) in [6.45, 7) is 2.25. The van der Waals surface area contributed by atoms with E-state index in [1.54, 1.807) is 67.6 Å². The van der Waals surface area contributed by atoms with Gasteiger partial charge in [0.2, 0.25) is 26.0 Å². The zero-order chi connectivity index (χ0) is 28.9. The number of piperazine rings is 1. The van der Waals surface area contributed by atoms with Gasteiger partial charge in [-0.05, 0) is 48.9 Å². The van der Waals surface area contributed by atoms with Crippen LogP contribution in [0.25, 0.3) is 0 Å². The third kappa shape index (κ3) is 6.45. The number of rotatable bonds is 8. The molecule has 3 aromatic carbocycles. The van der Waals surface area contributed by atoms with Crippen LogP contribution in [0.2, 0.25) is 0 Å². The summed E-state index contributed by atoms with van der Waals surface area (Å²) in [7, 11) is -8.12. The summed E-state index contributed by atoms with van der Waals surface area (Å²) < 4.78 is 55.8. The lowest BCUT2D eigenvalue weighted by Crippen LogP contribution is -2.60. The molecule has 0 aliphatic carbocycles. The van der Waals surface area contributed by atoms with Crippen molar-refractivity contribution < 1.29 is 26.4 Å². The summed E-state index contributed by atoms with van der Waals surface area (Å²) in [4.78, 5) is 24.9. The van der Waals surface area contributed by atoms with E-state index in [9.17, 15) is 26.4 Å². The van der Waals surface area contributed by atoms with E-state index in [0.717, 1.165) is 8.61 Å². The first-order chi connectivity index (χ1) is 19.0. The second-order valence-corrected chi connectivity index (χ2v) is 12.9. The number of hydrogen-bond donors (Lipinski definition) is 2. The minimum absolute atomic E-state index is 0.0124. The van der Waals surface area contributed by atoms with E-state index in [1.807, 2.05) is 0 Å². The van der Waals surface area contributed by atoms with Gasteiger partial charge in [-0.15, -0.1) is 0 Å². The molecular formula is C27H29N5O6S2. The van der Waals surface area contributed by atoms with Crippen molar-refractivity contribution in [2.24, 2.45) is 5.10 Å². The van der Waals surface area contributed by atoms with Crippen LogP contribution in [-0.2, 0) is 29.6 Å². The van der Waals surface area contributed by atoms with Crippen molar-refractivity contribution in [2.45, 2.75) is 29.7 Å². The van der Waals surface area contributed by atoms with E-state index in [4.69, 9.17) is 0 Å². The molecular weight excluding hydrogens is 554 g/mol. The van der Waals surface area contributed by atoms with E-state index in [1.165, 1.54) is 31.2 Å². The molecule has 13 heteroatoms. The van der Waals surface area contributed by atoms with E-state index in [-0.39, 0.29) is 28.8 Å². The largest absolute Gasteiger partial charge is 0.326 e. The van der Waals surface area contributed by atoms with E-state index < -0.39 is 38.5 Å². The predicted octanol–water partition coefficient (Wildman–Crippen LogP) is 2.25. The van der Waals surface area contributed by atoms with Crippen LogP contribution in [-0.4, -0.2) is 68.6 Å². The Morgan fingerprint density at radius 2 is 1.40 bits per heavy atom. The number of anilines is 1. The monoisotopic (exact) mass is 583 g/mol. The number of amides is 2. The maximum Gasteiger partial charge on any atom is 0.259 e. The number of carbonyl (C=O) groups excluding carboxylic acids is 2. The maximum atomic E-state index is 13.5. The highest BCUT2D eigenvalue weighted by molar-refractivity contribution is 7.89. The first-order valence-corrected chi connectivity index (χ1v) is 15.2. The van der Waals surface area contributed by atoms with Crippen LogP contribution < -0.4 is 10.7 Å². The summed E-state index contributed by atoms with van der Waals surface area (Å²) >= 11 is 0. The van der Waals surface area contributed by atoms with Gasteiger partial charge in [-0.25, -0.2) is 22.3 Å². The van der Waals surface area contributed by atoms with Crippen molar-refractivity contribution in [1.82, 2.24) is 14.0 Å². The zero-order valence-corrected chi connectivity index (χ0v) is 23.5. The Labute approximate surface area is 233 Å². The predicted molar refractivity (Wildman–Crippen MR) is 150 cm³/mol. The van der Waals surface area contributed by atoms with Gasteiger partial charge < -0.3 is 5.32 Å². The lowest BCUT2D eigenvalue weighted by molar-refractivity contribution is -0.125. The van der Waals surface area contributed by atoms with Gasteiger partial charge in [0.25, 0.3) is 5.91 Å². The number of benzene rings is 3. The van der Waals surface area contributed by atoms with Gasteiger partial charge in [-0.2, -0.15) is 13.7 Å². The average Bonchev–Trinajstić information content (AvgIpc) is 2.96. The smallest absolute Gasteiger partial charge is 0.259 e. The van der Waals surface area contributed by atoms with Crippen LogP contribution in [0.1, 0.15) is 19.4 Å². The standard InChI is InChI=1S/C27H29N5O6S2/c1-20(22-10-9-11-23(18-22)28-21(2)33)29-30-27(34)26-19-31(39(35,36)24-12-5-3-6-13-24)16-17-32(26)40(37,38)25-14-7-4-8-15-25/h3-15,18,26H,16-17,19H2,1-2H3,(H,28,33)(H,30,34)/b29-20-/t26-/m1/s1. The van der Waals surface area contributed by atoms with Crippen LogP contribution in [0.5, 0.6) is 0 Å². The van der Waals surface area contributed by atoms with Crippen molar-refractivity contribution in [3.8, 4) is 0 Å². The van der Waals surface area contributed by atoms with Crippen molar-refractivity contribution >= 4 is 43.3 Å². The van der Waals surface area contributed by atoms with Gasteiger partial charge >= 0.3 is 0 Å². The maximum absolute atomic E-state index is 13.5. The van der Waals surface area contributed by atoms with Crippen LogP contribution in [0.4, 0.5) is 5.69 Å². The summed E-state index contributed by atoms with van der Waals surface area (Å²) in [5, 5.41) is 6.81. The molecule has 2 amide bonds. The molecule has 210 valence electrons. The van der Waals surface area contributed by atoms with Gasteiger partial charge in [-0.3, -0.25) is 9.59 Å². The fourth-order valence-electron chi connectivity index (χ4n) is 4.23. The number of hydrogen-bond acceptors (Lipinski definition) is 7. The molecule has 1 atom stereocenters. The van der Waals surface area contributed by atoms with E-state index in [2.05, 4.69) is 15.8 Å². The minimum atomic E-state index is -4.14. The van der Waals surface area contributed by atoms with Gasteiger partial charge in [0.1, 0.15) is 6.04 Å². The first kappa shape index (κ1) is 29.1. The van der Waals surface area contributed by atoms with E-state index in [0.29, 0.717) is 17.0 Å². The lowest BCUT2D eigenvalue weighted by Gasteiger charge is -2.38. The molecule has 0 spiro atoms. The van der Waals surface area contributed by atoms with Crippen molar-refractivity contribution in [1.29, 1.82) is 0 Å². The summed E-state index contributed by atoms with van der Waals surface area (Å²) in [5.41, 5.74) is 3.95. The first-order valence-electron chi connectivity index (χ1n) is 12.3. The van der Waals surface area contributed by atoms with Crippen LogP contribution in [0.15, 0.2) is 99.8 Å². The highest BCUT2D eigenvalue weighted by atomic mass is 32.2. The number of nitrogens with one attached hydrogen (secondary N) is 2. The third-order valence-corrected chi connectivity index (χ3v) is 10.1.